The summed E-state index contributed by atoms with van der Waals surface area (Å²) in [6.07, 6.45) is 3.43. The van der Waals surface area contributed by atoms with Crippen molar-refractivity contribution in [2.24, 2.45) is 0 Å². The fraction of sp³-hybridized carbons (Fsp3) is 0.154. The van der Waals surface area contributed by atoms with E-state index in [4.69, 9.17) is 0 Å². The first-order chi connectivity index (χ1) is 8.48. The molecule has 1 unspecified atom stereocenters. The van der Waals surface area contributed by atoms with E-state index in [9.17, 15) is 13.5 Å². The van der Waals surface area contributed by atoms with Gasteiger partial charge >= 0.3 is 0 Å². The highest BCUT2D eigenvalue weighted by Crippen LogP contribution is 2.23. The largest absolute Gasteiger partial charge is 0.384 e. The number of rotatable bonds is 3. The summed E-state index contributed by atoms with van der Waals surface area (Å²) in [6, 6.07) is 9.75. The van der Waals surface area contributed by atoms with Crippen LogP contribution < -0.4 is 0 Å². The monoisotopic (exact) mass is 263 g/mol. The fourth-order valence-electron chi connectivity index (χ4n) is 1.65. The maximum absolute atomic E-state index is 11.5. The smallest absolute Gasteiger partial charge is 0.175 e. The van der Waals surface area contributed by atoms with Crippen LogP contribution in [0.15, 0.2) is 53.7 Å². The molecule has 1 N–H and O–H groups in total. The summed E-state index contributed by atoms with van der Waals surface area (Å²) in [5.74, 6) is 0. The first-order valence-corrected chi connectivity index (χ1v) is 7.25. The third kappa shape index (κ3) is 2.75. The van der Waals surface area contributed by atoms with Gasteiger partial charge < -0.3 is 5.11 Å². The van der Waals surface area contributed by atoms with Crippen LogP contribution in [-0.4, -0.2) is 24.8 Å². The molecular formula is C13H13NO3S. The molecule has 4 nitrogen and oxygen atoms in total. The predicted octanol–water partition coefficient (Wildman–Crippen LogP) is 1.57. The number of hydrogen-bond donors (Lipinski definition) is 1. The Kier molecular flexibility index (Phi) is 3.45. The molecule has 0 aliphatic rings. The third-order valence-electron chi connectivity index (χ3n) is 2.60. The van der Waals surface area contributed by atoms with Crippen molar-refractivity contribution < 1.29 is 13.5 Å². The average molecular weight is 263 g/mol. The van der Waals surface area contributed by atoms with Crippen molar-refractivity contribution in [2.45, 2.75) is 11.0 Å². The number of pyridine rings is 1. The molecule has 1 atom stereocenters. The molecule has 1 aromatic carbocycles. The Morgan fingerprint density at radius 1 is 1.17 bits per heavy atom. The van der Waals surface area contributed by atoms with Crippen LogP contribution in [0.3, 0.4) is 0 Å². The molecule has 0 aliphatic carbocycles. The zero-order valence-corrected chi connectivity index (χ0v) is 10.6. The molecule has 5 heteroatoms. The van der Waals surface area contributed by atoms with Crippen LogP contribution in [0, 0.1) is 0 Å². The number of aliphatic hydroxyl groups excluding tert-OH is 1. The lowest BCUT2D eigenvalue weighted by Crippen LogP contribution is -2.03. The van der Waals surface area contributed by atoms with Crippen molar-refractivity contribution in [3.8, 4) is 0 Å². The second kappa shape index (κ2) is 4.88. The Balaban J connectivity index is 2.41. The van der Waals surface area contributed by atoms with E-state index in [1.54, 1.807) is 36.7 Å². The zero-order valence-electron chi connectivity index (χ0n) is 9.82. The zero-order chi connectivity index (χ0) is 13.2. The highest BCUT2D eigenvalue weighted by molar-refractivity contribution is 7.90. The summed E-state index contributed by atoms with van der Waals surface area (Å²) in [7, 11) is -3.27. The lowest BCUT2D eigenvalue weighted by atomic mass is 10.0. The highest BCUT2D eigenvalue weighted by Gasteiger charge is 2.13. The van der Waals surface area contributed by atoms with Crippen molar-refractivity contribution in [2.75, 3.05) is 6.26 Å². The molecule has 2 rings (SSSR count). The van der Waals surface area contributed by atoms with Crippen LogP contribution in [0.4, 0.5) is 0 Å². The van der Waals surface area contributed by atoms with Crippen molar-refractivity contribution in [1.82, 2.24) is 4.98 Å². The summed E-state index contributed by atoms with van der Waals surface area (Å²) in [5.41, 5.74) is 1.16. The van der Waals surface area contributed by atoms with Gasteiger partial charge in [0.15, 0.2) is 9.84 Å². The van der Waals surface area contributed by atoms with Gasteiger partial charge in [-0.25, -0.2) is 8.42 Å². The average Bonchev–Trinajstić information content (AvgIpc) is 2.38. The number of hydrogen-bond acceptors (Lipinski definition) is 4. The Labute approximate surface area is 106 Å². The van der Waals surface area contributed by atoms with E-state index in [1.807, 2.05) is 0 Å². The molecular weight excluding hydrogens is 250 g/mol. The van der Waals surface area contributed by atoms with Gasteiger partial charge in [0.05, 0.1) is 4.90 Å². The number of aromatic nitrogens is 1. The molecule has 1 aromatic heterocycles. The van der Waals surface area contributed by atoms with Gasteiger partial charge in [-0.05, 0) is 23.8 Å². The second-order valence-corrected chi connectivity index (χ2v) is 6.05. The molecule has 0 saturated heterocycles. The molecule has 0 fully saturated rings. The van der Waals surface area contributed by atoms with Gasteiger partial charge in [-0.2, -0.15) is 0 Å². The van der Waals surface area contributed by atoms with E-state index >= 15 is 0 Å². The molecule has 0 bridgehead atoms. The molecule has 1 heterocycles. The van der Waals surface area contributed by atoms with Gasteiger partial charge in [0.2, 0.25) is 0 Å². The van der Waals surface area contributed by atoms with Crippen molar-refractivity contribution in [1.29, 1.82) is 0 Å². The maximum Gasteiger partial charge on any atom is 0.175 e. The van der Waals surface area contributed by atoms with Crippen LogP contribution >= 0.6 is 0 Å². The Hall–Kier alpha value is -1.72. The van der Waals surface area contributed by atoms with E-state index in [0.717, 1.165) is 6.26 Å². The summed E-state index contributed by atoms with van der Waals surface area (Å²) in [6.45, 7) is 0. The topological polar surface area (TPSA) is 67.3 Å². The molecule has 0 aliphatic heterocycles. The Morgan fingerprint density at radius 3 is 2.50 bits per heavy atom. The minimum Gasteiger partial charge on any atom is -0.384 e. The molecule has 0 saturated carbocycles. The second-order valence-electron chi connectivity index (χ2n) is 4.03. The molecule has 0 amide bonds. The Morgan fingerprint density at radius 2 is 1.89 bits per heavy atom. The van der Waals surface area contributed by atoms with E-state index in [0.29, 0.717) is 11.1 Å². The van der Waals surface area contributed by atoms with Crippen LogP contribution in [0.2, 0.25) is 0 Å². The first-order valence-electron chi connectivity index (χ1n) is 5.36. The van der Waals surface area contributed by atoms with Crippen LogP contribution in [0.5, 0.6) is 0 Å². The summed E-state index contributed by atoms with van der Waals surface area (Å²) in [4.78, 5) is 4.12. The summed E-state index contributed by atoms with van der Waals surface area (Å²) < 4.78 is 22.9. The SMILES string of the molecule is CS(=O)(=O)c1cccc(C(O)c2cccnc2)c1. The van der Waals surface area contributed by atoms with Crippen molar-refractivity contribution in [3.63, 3.8) is 0 Å². The molecule has 2 aromatic rings. The van der Waals surface area contributed by atoms with Crippen LogP contribution in [-0.2, 0) is 9.84 Å². The lowest BCUT2D eigenvalue weighted by molar-refractivity contribution is 0.219. The minimum atomic E-state index is -3.27. The van der Waals surface area contributed by atoms with E-state index in [2.05, 4.69) is 4.98 Å². The van der Waals surface area contributed by atoms with E-state index in [-0.39, 0.29) is 4.90 Å². The Bertz CT molecular complexity index is 638. The lowest BCUT2D eigenvalue weighted by Gasteiger charge is -2.11. The molecule has 18 heavy (non-hydrogen) atoms. The molecule has 0 spiro atoms. The molecule has 0 radical (unpaired) electrons. The van der Waals surface area contributed by atoms with Crippen LogP contribution in [0.1, 0.15) is 17.2 Å². The first kappa shape index (κ1) is 12.7. The summed E-state index contributed by atoms with van der Waals surface area (Å²) in [5, 5.41) is 10.1. The van der Waals surface area contributed by atoms with Gasteiger partial charge in [-0.1, -0.05) is 18.2 Å². The van der Waals surface area contributed by atoms with Gasteiger partial charge in [0, 0.05) is 24.2 Å². The number of benzene rings is 1. The number of nitrogens with zero attached hydrogens (tertiary/aromatic N) is 1. The van der Waals surface area contributed by atoms with Gasteiger partial charge in [-0.15, -0.1) is 0 Å². The minimum absolute atomic E-state index is 0.197. The number of sulfone groups is 1. The van der Waals surface area contributed by atoms with Crippen molar-refractivity contribution >= 4 is 9.84 Å². The van der Waals surface area contributed by atoms with Crippen molar-refractivity contribution in [3.05, 3.63) is 59.9 Å². The fourth-order valence-corrected chi connectivity index (χ4v) is 2.32. The highest BCUT2D eigenvalue weighted by atomic mass is 32.2. The third-order valence-corrected chi connectivity index (χ3v) is 3.71. The van der Waals surface area contributed by atoms with Gasteiger partial charge in [0.25, 0.3) is 0 Å². The predicted molar refractivity (Wildman–Crippen MR) is 67.9 cm³/mol. The van der Waals surface area contributed by atoms with E-state index < -0.39 is 15.9 Å². The maximum atomic E-state index is 11.5. The summed E-state index contributed by atoms with van der Waals surface area (Å²) >= 11 is 0. The number of aliphatic hydroxyl groups is 1. The quantitative estimate of drug-likeness (QED) is 0.912. The standard InChI is InChI=1S/C13H13NO3S/c1-18(16,17)12-6-2-4-10(8-12)13(15)11-5-3-7-14-9-11/h2-9,13,15H,1H3. The van der Waals surface area contributed by atoms with Gasteiger partial charge in [-0.3, -0.25) is 4.98 Å². The van der Waals surface area contributed by atoms with E-state index in [1.165, 1.54) is 12.1 Å². The molecule has 94 valence electrons. The van der Waals surface area contributed by atoms with Gasteiger partial charge in [0.1, 0.15) is 6.10 Å². The van der Waals surface area contributed by atoms with Crippen LogP contribution in [0.25, 0.3) is 0 Å². The normalized spacial score (nSPS) is 13.2.